The molecular weight excluding hydrogens is 168 g/mol. The molecule has 0 aromatic carbocycles. The quantitative estimate of drug-likeness (QED) is 0.705. The van der Waals surface area contributed by atoms with E-state index in [0.717, 1.165) is 13.1 Å². The number of H-pyrrole nitrogens is 1. The van der Waals surface area contributed by atoms with E-state index in [1.165, 1.54) is 6.20 Å². The molecule has 1 aromatic rings. The highest BCUT2D eigenvalue weighted by Crippen LogP contribution is 2.07. The van der Waals surface area contributed by atoms with E-state index in [1.807, 2.05) is 18.7 Å². The van der Waals surface area contributed by atoms with Crippen molar-refractivity contribution in [1.82, 2.24) is 9.97 Å². The normalized spacial score (nSPS) is 10.0. The molecule has 1 rings (SSSR count). The van der Waals surface area contributed by atoms with Crippen molar-refractivity contribution in [2.24, 2.45) is 5.73 Å². The minimum atomic E-state index is -0.481. The van der Waals surface area contributed by atoms with Gasteiger partial charge >= 0.3 is 0 Å². The zero-order valence-electron chi connectivity index (χ0n) is 7.87. The number of nitrogens with one attached hydrogen (secondary N) is 1. The summed E-state index contributed by atoms with van der Waals surface area (Å²) in [6.45, 7) is 5.75. The summed E-state index contributed by atoms with van der Waals surface area (Å²) >= 11 is 0. The number of aromatic amines is 1. The second-order valence-electron chi connectivity index (χ2n) is 2.66. The van der Waals surface area contributed by atoms with Crippen LogP contribution in [0.3, 0.4) is 0 Å². The molecule has 0 fully saturated rings. The lowest BCUT2D eigenvalue weighted by Crippen LogP contribution is -2.23. The Morgan fingerprint density at radius 1 is 1.62 bits per heavy atom. The SMILES string of the molecule is CCN(CC)c1ncc(C(N)=O)[nH]1. The number of primary amides is 1. The van der Waals surface area contributed by atoms with Crippen molar-refractivity contribution in [3.63, 3.8) is 0 Å². The van der Waals surface area contributed by atoms with Gasteiger partial charge in [0.15, 0.2) is 0 Å². The van der Waals surface area contributed by atoms with Crippen LogP contribution in [0.2, 0.25) is 0 Å². The molecule has 13 heavy (non-hydrogen) atoms. The summed E-state index contributed by atoms with van der Waals surface area (Å²) in [5.74, 6) is 0.213. The molecule has 0 atom stereocenters. The first-order valence-corrected chi connectivity index (χ1v) is 4.28. The number of carbonyl (C=O) groups excluding carboxylic acids is 1. The Kier molecular flexibility index (Phi) is 2.89. The topological polar surface area (TPSA) is 75.0 Å². The van der Waals surface area contributed by atoms with Gasteiger partial charge in [-0.05, 0) is 13.8 Å². The highest BCUT2D eigenvalue weighted by Gasteiger charge is 2.08. The second-order valence-corrected chi connectivity index (χ2v) is 2.66. The van der Waals surface area contributed by atoms with E-state index in [9.17, 15) is 4.79 Å². The van der Waals surface area contributed by atoms with E-state index in [0.29, 0.717) is 11.6 Å². The van der Waals surface area contributed by atoms with Crippen molar-refractivity contribution in [2.75, 3.05) is 18.0 Å². The van der Waals surface area contributed by atoms with Crippen LogP contribution in [0.5, 0.6) is 0 Å². The van der Waals surface area contributed by atoms with E-state index in [-0.39, 0.29) is 0 Å². The smallest absolute Gasteiger partial charge is 0.266 e. The molecule has 3 N–H and O–H groups in total. The van der Waals surface area contributed by atoms with Gasteiger partial charge in [-0.15, -0.1) is 0 Å². The Labute approximate surface area is 76.9 Å². The monoisotopic (exact) mass is 182 g/mol. The molecule has 0 spiro atoms. The molecule has 5 nitrogen and oxygen atoms in total. The predicted molar refractivity (Wildman–Crippen MR) is 50.7 cm³/mol. The molecule has 0 saturated carbocycles. The predicted octanol–water partition coefficient (Wildman–Crippen LogP) is 0.355. The average molecular weight is 182 g/mol. The van der Waals surface area contributed by atoms with E-state index in [1.54, 1.807) is 0 Å². The fourth-order valence-electron chi connectivity index (χ4n) is 1.12. The third kappa shape index (κ3) is 1.99. The number of nitrogens with zero attached hydrogens (tertiary/aromatic N) is 2. The second kappa shape index (κ2) is 3.93. The van der Waals surface area contributed by atoms with Crippen LogP contribution in [0.1, 0.15) is 24.3 Å². The molecule has 0 aliphatic heterocycles. The van der Waals surface area contributed by atoms with Crippen molar-refractivity contribution in [3.05, 3.63) is 11.9 Å². The first-order chi connectivity index (χ1) is 6.19. The number of hydrogen-bond acceptors (Lipinski definition) is 3. The molecule has 0 saturated heterocycles. The Morgan fingerprint density at radius 3 is 2.62 bits per heavy atom. The van der Waals surface area contributed by atoms with Crippen LogP contribution < -0.4 is 10.6 Å². The maximum Gasteiger partial charge on any atom is 0.266 e. The first-order valence-electron chi connectivity index (χ1n) is 4.28. The molecule has 72 valence electrons. The van der Waals surface area contributed by atoms with Gasteiger partial charge in [0.05, 0.1) is 6.20 Å². The number of anilines is 1. The van der Waals surface area contributed by atoms with Crippen LogP contribution in [0.15, 0.2) is 6.20 Å². The first kappa shape index (κ1) is 9.57. The Morgan fingerprint density at radius 2 is 2.23 bits per heavy atom. The average Bonchev–Trinajstić information content (AvgIpc) is 2.56. The Balaban J connectivity index is 2.84. The lowest BCUT2D eigenvalue weighted by Gasteiger charge is -2.16. The Hall–Kier alpha value is -1.52. The third-order valence-electron chi connectivity index (χ3n) is 1.89. The molecule has 0 radical (unpaired) electrons. The van der Waals surface area contributed by atoms with Gasteiger partial charge in [-0.1, -0.05) is 0 Å². The molecule has 0 unspecified atom stereocenters. The van der Waals surface area contributed by atoms with Crippen molar-refractivity contribution in [3.8, 4) is 0 Å². The van der Waals surface area contributed by atoms with Gasteiger partial charge in [0.2, 0.25) is 5.95 Å². The van der Waals surface area contributed by atoms with Crippen LogP contribution in [0.25, 0.3) is 0 Å². The standard InChI is InChI=1S/C8H14N4O/c1-3-12(4-2)8-10-5-6(11-8)7(9)13/h5H,3-4H2,1-2H3,(H2,9,13)(H,10,11). The molecule has 0 aliphatic carbocycles. The number of imidazole rings is 1. The fourth-order valence-corrected chi connectivity index (χ4v) is 1.12. The number of amides is 1. The number of aromatic nitrogens is 2. The largest absolute Gasteiger partial charge is 0.364 e. The Bertz CT molecular complexity index is 290. The van der Waals surface area contributed by atoms with Gasteiger partial charge < -0.3 is 15.6 Å². The van der Waals surface area contributed by atoms with Crippen molar-refractivity contribution in [2.45, 2.75) is 13.8 Å². The molecule has 0 aliphatic rings. The summed E-state index contributed by atoms with van der Waals surface area (Å²) in [5, 5.41) is 0. The summed E-state index contributed by atoms with van der Waals surface area (Å²) in [5.41, 5.74) is 5.43. The van der Waals surface area contributed by atoms with Crippen molar-refractivity contribution >= 4 is 11.9 Å². The zero-order valence-corrected chi connectivity index (χ0v) is 7.87. The van der Waals surface area contributed by atoms with Crippen LogP contribution in [-0.4, -0.2) is 29.0 Å². The van der Waals surface area contributed by atoms with E-state index in [4.69, 9.17) is 5.73 Å². The molecule has 1 heterocycles. The number of carbonyl (C=O) groups is 1. The third-order valence-corrected chi connectivity index (χ3v) is 1.89. The van der Waals surface area contributed by atoms with Gasteiger partial charge in [-0.2, -0.15) is 0 Å². The summed E-state index contributed by atoms with van der Waals surface area (Å²) < 4.78 is 0. The van der Waals surface area contributed by atoms with Crippen LogP contribution in [0.4, 0.5) is 5.95 Å². The lowest BCUT2D eigenvalue weighted by atomic mass is 10.5. The van der Waals surface area contributed by atoms with Gasteiger partial charge in [-0.3, -0.25) is 4.79 Å². The van der Waals surface area contributed by atoms with Crippen LogP contribution in [0, 0.1) is 0 Å². The number of hydrogen-bond donors (Lipinski definition) is 2. The molecule has 5 heteroatoms. The van der Waals surface area contributed by atoms with Gasteiger partial charge in [0.25, 0.3) is 5.91 Å². The molecule has 0 bridgehead atoms. The number of nitrogens with two attached hydrogens (primary N) is 1. The zero-order chi connectivity index (χ0) is 9.84. The summed E-state index contributed by atoms with van der Waals surface area (Å²) in [7, 11) is 0. The highest BCUT2D eigenvalue weighted by molar-refractivity contribution is 5.90. The summed E-state index contributed by atoms with van der Waals surface area (Å²) in [4.78, 5) is 19.7. The van der Waals surface area contributed by atoms with Crippen LogP contribution >= 0.6 is 0 Å². The molecule has 1 aromatic heterocycles. The van der Waals surface area contributed by atoms with Crippen molar-refractivity contribution < 1.29 is 4.79 Å². The van der Waals surface area contributed by atoms with Crippen LogP contribution in [-0.2, 0) is 0 Å². The van der Waals surface area contributed by atoms with E-state index in [2.05, 4.69) is 9.97 Å². The molecule has 1 amide bonds. The minimum absolute atomic E-state index is 0.349. The maximum atomic E-state index is 10.7. The fraction of sp³-hybridized carbons (Fsp3) is 0.500. The van der Waals surface area contributed by atoms with Gasteiger partial charge in [-0.25, -0.2) is 4.98 Å². The summed E-state index contributed by atoms with van der Waals surface area (Å²) in [6, 6.07) is 0. The minimum Gasteiger partial charge on any atom is -0.364 e. The number of rotatable bonds is 4. The van der Waals surface area contributed by atoms with Crippen molar-refractivity contribution in [1.29, 1.82) is 0 Å². The maximum absolute atomic E-state index is 10.7. The van der Waals surface area contributed by atoms with E-state index < -0.39 is 5.91 Å². The van der Waals surface area contributed by atoms with Gasteiger partial charge in [0, 0.05) is 13.1 Å². The van der Waals surface area contributed by atoms with Gasteiger partial charge in [0.1, 0.15) is 5.69 Å². The van der Waals surface area contributed by atoms with E-state index >= 15 is 0 Å². The molecular formula is C8H14N4O. The lowest BCUT2D eigenvalue weighted by molar-refractivity contribution is 0.0996. The summed E-state index contributed by atoms with van der Waals surface area (Å²) in [6.07, 6.45) is 1.45. The highest BCUT2D eigenvalue weighted by atomic mass is 16.1.